The molecule has 1 N–H and O–H groups in total. The van der Waals surface area contributed by atoms with Gasteiger partial charge in [0.2, 0.25) is 5.75 Å². The normalized spacial score (nSPS) is 10.4. The van der Waals surface area contributed by atoms with Gasteiger partial charge in [0.15, 0.2) is 5.75 Å². The minimum Gasteiger partial charge on any atom is -0.489 e. The third-order valence-corrected chi connectivity index (χ3v) is 5.32. The Balaban J connectivity index is 1.47. The van der Waals surface area contributed by atoms with Crippen LogP contribution in [0.5, 0.6) is 17.2 Å². The molecule has 8 nitrogen and oxygen atoms in total. The fourth-order valence-corrected chi connectivity index (χ4v) is 3.54. The van der Waals surface area contributed by atoms with Crippen molar-refractivity contribution in [3.63, 3.8) is 0 Å². The number of methoxy groups -OCH3 is 1. The van der Waals surface area contributed by atoms with Crippen molar-refractivity contribution in [1.82, 2.24) is 0 Å². The molecule has 0 saturated carbocycles. The number of carbonyl (C=O) groups excluding carboxylic acids is 1. The molecule has 0 radical (unpaired) electrons. The lowest BCUT2D eigenvalue weighted by atomic mass is 10.1. The van der Waals surface area contributed by atoms with Crippen molar-refractivity contribution in [1.29, 1.82) is 0 Å². The summed E-state index contributed by atoms with van der Waals surface area (Å²) >= 11 is 0. The molecule has 0 heterocycles. The van der Waals surface area contributed by atoms with Crippen molar-refractivity contribution in [2.24, 2.45) is 0 Å². The number of anilines is 1. The minimum atomic E-state index is -0.649. The third-order valence-electron chi connectivity index (χ3n) is 5.32. The molecule has 0 fully saturated rings. The third kappa shape index (κ3) is 5.98. The lowest BCUT2D eigenvalue weighted by Crippen LogP contribution is -2.15. The number of benzene rings is 4. The highest BCUT2D eigenvalue weighted by atomic mass is 16.6. The summed E-state index contributed by atoms with van der Waals surface area (Å²) in [5, 5.41) is 14.6. The number of nitro benzene ring substituents is 1. The van der Waals surface area contributed by atoms with E-state index >= 15 is 0 Å². The molecule has 0 spiro atoms. The molecule has 0 aromatic heterocycles. The van der Waals surface area contributed by atoms with Crippen LogP contribution in [0.4, 0.5) is 11.4 Å². The highest BCUT2D eigenvalue weighted by molar-refractivity contribution is 6.08. The molecule has 0 atom stereocenters. The smallest absolute Gasteiger partial charge is 0.327 e. The van der Waals surface area contributed by atoms with Crippen LogP contribution in [0.1, 0.15) is 21.5 Å². The molecule has 182 valence electrons. The zero-order chi connectivity index (χ0) is 25.3. The van der Waals surface area contributed by atoms with Gasteiger partial charge in [-0.25, -0.2) is 0 Å². The Hall–Kier alpha value is -4.85. The van der Waals surface area contributed by atoms with Crippen molar-refractivity contribution < 1.29 is 23.9 Å². The van der Waals surface area contributed by atoms with Crippen LogP contribution in [0.15, 0.2) is 97.1 Å². The van der Waals surface area contributed by atoms with Crippen LogP contribution >= 0.6 is 0 Å². The molecule has 0 unspecified atom stereocenters. The summed E-state index contributed by atoms with van der Waals surface area (Å²) in [5.41, 5.74) is 1.77. The maximum Gasteiger partial charge on any atom is 0.327 e. The molecular formula is C28H24N2O6. The first kappa shape index (κ1) is 24.3. The van der Waals surface area contributed by atoms with E-state index in [0.29, 0.717) is 18.0 Å². The average Bonchev–Trinajstić information content (AvgIpc) is 2.92. The summed E-state index contributed by atoms with van der Waals surface area (Å²) < 4.78 is 16.8. The first-order valence-electron chi connectivity index (χ1n) is 11.2. The van der Waals surface area contributed by atoms with Gasteiger partial charge in [0.25, 0.3) is 5.91 Å². The monoisotopic (exact) mass is 484 g/mol. The molecule has 0 saturated heterocycles. The molecule has 8 heteroatoms. The van der Waals surface area contributed by atoms with E-state index in [2.05, 4.69) is 5.32 Å². The van der Waals surface area contributed by atoms with Crippen LogP contribution in [0.2, 0.25) is 0 Å². The van der Waals surface area contributed by atoms with Gasteiger partial charge in [-0.2, -0.15) is 0 Å². The standard InChI is InChI=1S/C28H24N2O6/c1-34-27-25(36-19-21-10-6-3-7-11-21)17-16-24(26(27)30(32)33)28(31)29-22-12-14-23(15-13-22)35-18-20-8-4-2-5-9-20/h2-17H,18-19H2,1H3,(H,29,31). The number of amides is 1. The number of nitro groups is 1. The van der Waals surface area contributed by atoms with Gasteiger partial charge in [-0.05, 0) is 47.5 Å². The van der Waals surface area contributed by atoms with Crippen LogP contribution < -0.4 is 19.5 Å². The Labute approximate surface area is 208 Å². The van der Waals surface area contributed by atoms with E-state index in [9.17, 15) is 14.9 Å². The lowest BCUT2D eigenvalue weighted by Gasteiger charge is -2.13. The maximum absolute atomic E-state index is 13.0. The Kier molecular flexibility index (Phi) is 7.77. The Morgan fingerprint density at radius 3 is 1.94 bits per heavy atom. The van der Waals surface area contributed by atoms with Crippen molar-refractivity contribution in [2.75, 3.05) is 12.4 Å². The number of hydrogen-bond donors (Lipinski definition) is 1. The molecule has 0 aliphatic carbocycles. The second-order valence-corrected chi connectivity index (χ2v) is 7.78. The van der Waals surface area contributed by atoms with E-state index < -0.39 is 16.5 Å². The van der Waals surface area contributed by atoms with Crippen molar-refractivity contribution in [3.05, 3.63) is 124 Å². The van der Waals surface area contributed by atoms with Gasteiger partial charge in [-0.1, -0.05) is 60.7 Å². The number of nitrogens with zero attached hydrogens (tertiary/aromatic N) is 1. The maximum atomic E-state index is 13.0. The number of nitrogens with one attached hydrogen (secondary N) is 1. The topological polar surface area (TPSA) is 99.9 Å². The highest BCUT2D eigenvalue weighted by Gasteiger charge is 2.29. The lowest BCUT2D eigenvalue weighted by molar-refractivity contribution is -0.386. The van der Waals surface area contributed by atoms with Crippen LogP contribution in [0.3, 0.4) is 0 Å². The molecule has 0 aliphatic heterocycles. The van der Waals surface area contributed by atoms with Crippen LogP contribution in [0.25, 0.3) is 0 Å². The highest BCUT2D eigenvalue weighted by Crippen LogP contribution is 2.40. The van der Waals surface area contributed by atoms with Gasteiger partial charge in [-0.3, -0.25) is 14.9 Å². The first-order chi connectivity index (χ1) is 17.5. The first-order valence-corrected chi connectivity index (χ1v) is 11.2. The van der Waals surface area contributed by atoms with Crippen LogP contribution in [0, 0.1) is 10.1 Å². The van der Waals surface area contributed by atoms with E-state index in [1.807, 2.05) is 60.7 Å². The number of rotatable bonds is 10. The van der Waals surface area contributed by atoms with Gasteiger partial charge in [0, 0.05) is 5.69 Å². The van der Waals surface area contributed by atoms with E-state index in [0.717, 1.165) is 11.1 Å². The number of hydrogen-bond acceptors (Lipinski definition) is 6. The van der Waals surface area contributed by atoms with Crippen molar-refractivity contribution in [2.45, 2.75) is 13.2 Å². The second-order valence-electron chi connectivity index (χ2n) is 7.78. The molecule has 0 bridgehead atoms. The summed E-state index contributed by atoms with van der Waals surface area (Å²) in [7, 11) is 1.30. The Morgan fingerprint density at radius 1 is 0.806 bits per heavy atom. The summed E-state index contributed by atoms with van der Waals surface area (Å²) in [4.78, 5) is 24.2. The van der Waals surface area contributed by atoms with Crippen LogP contribution in [-0.2, 0) is 13.2 Å². The van der Waals surface area contributed by atoms with Gasteiger partial charge in [0.05, 0.1) is 12.0 Å². The van der Waals surface area contributed by atoms with Crippen LogP contribution in [-0.4, -0.2) is 17.9 Å². The van der Waals surface area contributed by atoms with Gasteiger partial charge in [-0.15, -0.1) is 0 Å². The number of carbonyl (C=O) groups is 1. The Morgan fingerprint density at radius 2 is 1.39 bits per heavy atom. The fourth-order valence-electron chi connectivity index (χ4n) is 3.54. The zero-order valence-corrected chi connectivity index (χ0v) is 19.5. The van der Waals surface area contributed by atoms with E-state index in [1.165, 1.54) is 19.2 Å². The molecule has 0 aliphatic rings. The summed E-state index contributed by atoms with van der Waals surface area (Å²) in [6.45, 7) is 0.607. The summed E-state index contributed by atoms with van der Waals surface area (Å²) in [6.07, 6.45) is 0. The SMILES string of the molecule is COc1c(OCc2ccccc2)ccc(C(=O)Nc2ccc(OCc3ccccc3)cc2)c1[N+](=O)[O-]. The summed E-state index contributed by atoms with van der Waals surface area (Å²) in [5.74, 6) is 0.0368. The number of ether oxygens (including phenoxy) is 3. The van der Waals surface area contributed by atoms with E-state index in [4.69, 9.17) is 14.2 Å². The van der Waals surface area contributed by atoms with Crippen molar-refractivity contribution in [3.8, 4) is 17.2 Å². The fraction of sp³-hybridized carbons (Fsp3) is 0.107. The molecular weight excluding hydrogens is 460 g/mol. The molecule has 36 heavy (non-hydrogen) atoms. The minimum absolute atomic E-state index is 0.117. The van der Waals surface area contributed by atoms with Gasteiger partial charge in [0.1, 0.15) is 24.5 Å². The summed E-state index contributed by atoms with van der Waals surface area (Å²) in [6, 6.07) is 28.7. The molecule has 4 aromatic rings. The van der Waals surface area contributed by atoms with Gasteiger partial charge < -0.3 is 19.5 Å². The second kappa shape index (κ2) is 11.5. The predicted molar refractivity (Wildman–Crippen MR) is 136 cm³/mol. The zero-order valence-electron chi connectivity index (χ0n) is 19.5. The van der Waals surface area contributed by atoms with E-state index in [-0.39, 0.29) is 23.7 Å². The molecule has 4 rings (SSSR count). The Bertz CT molecular complexity index is 1330. The molecule has 1 amide bonds. The van der Waals surface area contributed by atoms with Crippen molar-refractivity contribution >= 4 is 17.3 Å². The largest absolute Gasteiger partial charge is 0.489 e. The van der Waals surface area contributed by atoms with Gasteiger partial charge >= 0.3 is 5.69 Å². The quantitative estimate of drug-likeness (QED) is 0.218. The predicted octanol–water partition coefficient (Wildman–Crippen LogP) is 6.01. The average molecular weight is 485 g/mol. The van der Waals surface area contributed by atoms with E-state index in [1.54, 1.807) is 24.3 Å². The molecule has 4 aromatic carbocycles.